The van der Waals surface area contributed by atoms with Crippen molar-refractivity contribution in [2.24, 2.45) is 15.2 Å². The molecule has 0 atom stereocenters. The summed E-state index contributed by atoms with van der Waals surface area (Å²) < 4.78 is 0. The predicted octanol–water partition coefficient (Wildman–Crippen LogP) is 3.33. The molecule has 0 spiro atoms. The lowest BCUT2D eigenvalue weighted by Gasteiger charge is -1.99. The molecule has 2 N–H and O–H groups in total. The minimum Gasteiger partial charge on any atom is -0.512 e. The predicted molar refractivity (Wildman–Crippen MR) is 95.8 cm³/mol. The molecule has 0 aromatic heterocycles. The number of hydrogen-bond acceptors (Lipinski definition) is 6. The number of allylic oxidation sites excluding steroid dienone is 2. The van der Waals surface area contributed by atoms with Crippen molar-refractivity contribution in [2.75, 3.05) is 5.75 Å². The molecule has 0 amide bonds. The number of benzene rings is 1. The van der Waals surface area contributed by atoms with Crippen LogP contribution in [0, 0.1) is 0 Å². The van der Waals surface area contributed by atoms with Gasteiger partial charge in [0.05, 0.1) is 11.8 Å². The number of aliphatic hydroxyl groups excluding tert-OH is 1. The van der Waals surface area contributed by atoms with Crippen LogP contribution in [0.5, 0.6) is 5.75 Å². The van der Waals surface area contributed by atoms with Gasteiger partial charge in [0.15, 0.2) is 5.78 Å². The van der Waals surface area contributed by atoms with E-state index in [9.17, 15) is 15.0 Å². The van der Waals surface area contributed by atoms with E-state index in [0.29, 0.717) is 10.7 Å². The normalized spacial score (nSPS) is 13.6. The number of aromatic hydroxyl groups is 1. The maximum atomic E-state index is 11.4. The zero-order valence-electron chi connectivity index (χ0n) is 13.2. The monoisotopic (exact) mass is 333 g/mol. The van der Waals surface area contributed by atoms with Gasteiger partial charge in [0.25, 0.3) is 0 Å². The van der Waals surface area contributed by atoms with Gasteiger partial charge in [0, 0.05) is 11.8 Å². The second kappa shape index (κ2) is 9.58. The number of carbonyl (C=O) groups is 1. The molecule has 7 heteroatoms. The first-order valence-electron chi connectivity index (χ1n) is 6.92. The molecule has 23 heavy (non-hydrogen) atoms. The zero-order chi connectivity index (χ0) is 17.2. The molecular weight excluding hydrogens is 314 g/mol. The summed E-state index contributed by atoms with van der Waals surface area (Å²) in [6, 6.07) is 6.75. The van der Waals surface area contributed by atoms with Crippen molar-refractivity contribution in [3.8, 4) is 5.75 Å². The number of aliphatic hydroxyl groups is 1. The lowest BCUT2D eigenvalue weighted by molar-refractivity contribution is -0.113. The number of phenols is 1. The summed E-state index contributed by atoms with van der Waals surface area (Å²) in [4.78, 5) is 15.5. The number of amidine groups is 1. The summed E-state index contributed by atoms with van der Waals surface area (Å²) in [6.07, 6.45) is 2.69. The van der Waals surface area contributed by atoms with Crippen LogP contribution in [-0.4, -0.2) is 39.3 Å². The van der Waals surface area contributed by atoms with Gasteiger partial charge >= 0.3 is 0 Å². The van der Waals surface area contributed by atoms with Gasteiger partial charge in [0.1, 0.15) is 11.5 Å². The first-order valence-corrected chi connectivity index (χ1v) is 7.91. The molecule has 0 bridgehead atoms. The quantitative estimate of drug-likeness (QED) is 0.284. The molecule has 0 aliphatic carbocycles. The van der Waals surface area contributed by atoms with Crippen LogP contribution in [0.15, 0.2) is 50.8 Å². The highest BCUT2D eigenvalue weighted by Gasteiger charge is 2.05. The smallest absolute Gasteiger partial charge is 0.208 e. The molecule has 1 aromatic rings. The third kappa shape index (κ3) is 6.48. The van der Waals surface area contributed by atoms with Gasteiger partial charge < -0.3 is 10.2 Å². The molecule has 0 fully saturated rings. The highest BCUT2D eigenvalue weighted by atomic mass is 32.2. The van der Waals surface area contributed by atoms with E-state index < -0.39 is 0 Å². The molecule has 0 aliphatic heterocycles. The lowest BCUT2D eigenvalue weighted by atomic mass is 10.2. The van der Waals surface area contributed by atoms with Crippen LogP contribution >= 0.6 is 11.8 Å². The summed E-state index contributed by atoms with van der Waals surface area (Å²) in [5.41, 5.74) is 0.663. The van der Waals surface area contributed by atoms with Crippen LogP contribution in [0.2, 0.25) is 0 Å². The average molecular weight is 333 g/mol. The molecule has 122 valence electrons. The molecule has 0 saturated carbocycles. The summed E-state index contributed by atoms with van der Waals surface area (Å²) in [7, 11) is 0. The fourth-order valence-electron chi connectivity index (χ4n) is 1.52. The summed E-state index contributed by atoms with van der Waals surface area (Å²) in [5.74, 6) is 0.448. The number of nitrogens with zero attached hydrogens (tertiary/aromatic N) is 3. The molecule has 0 aliphatic rings. The zero-order valence-corrected chi connectivity index (χ0v) is 14.0. The maximum absolute atomic E-state index is 11.4. The second-order valence-electron chi connectivity index (χ2n) is 4.43. The Morgan fingerprint density at radius 1 is 1.30 bits per heavy atom. The van der Waals surface area contributed by atoms with Crippen molar-refractivity contribution in [3.05, 3.63) is 41.2 Å². The van der Waals surface area contributed by atoms with Crippen LogP contribution in [-0.2, 0) is 4.79 Å². The number of thioether (sulfide) groups is 1. The Balaban J connectivity index is 2.96. The van der Waals surface area contributed by atoms with Gasteiger partial charge in [-0.3, -0.25) is 4.79 Å². The Hall–Kier alpha value is -2.41. The Morgan fingerprint density at radius 2 is 2.00 bits per heavy atom. The van der Waals surface area contributed by atoms with E-state index in [4.69, 9.17) is 0 Å². The van der Waals surface area contributed by atoms with Crippen molar-refractivity contribution < 1.29 is 15.0 Å². The first-order chi connectivity index (χ1) is 11.0. The van der Waals surface area contributed by atoms with Crippen molar-refractivity contribution in [2.45, 2.75) is 20.8 Å². The van der Waals surface area contributed by atoms with Crippen LogP contribution in [0.25, 0.3) is 0 Å². The average Bonchev–Trinajstić information content (AvgIpc) is 2.48. The topological polar surface area (TPSA) is 94.6 Å². The molecule has 0 heterocycles. The van der Waals surface area contributed by atoms with Crippen LogP contribution in [0.3, 0.4) is 0 Å². The van der Waals surface area contributed by atoms with Crippen LogP contribution in [0.4, 0.5) is 0 Å². The fourth-order valence-corrected chi connectivity index (χ4v) is 2.01. The molecule has 0 unspecified atom stereocenters. The fraction of sp³-hybridized carbons (Fsp3) is 0.250. The van der Waals surface area contributed by atoms with Gasteiger partial charge in [0.2, 0.25) is 5.17 Å². The second-order valence-corrected chi connectivity index (χ2v) is 5.66. The van der Waals surface area contributed by atoms with E-state index >= 15 is 0 Å². The molecule has 0 saturated heterocycles. The minimum absolute atomic E-state index is 0.0974. The Bertz CT molecular complexity index is 675. The lowest BCUT2D eigenvalue weighted by Crippen LogP contribution is -2.03. The number of phenolic OH excluding ortho intramolecular Hbond substituents is 1. The number of para-hydroxylation sites is 1. The third-order valence-corrected chi connectivity index (χ3v) is 3.36. The Labute approximate surface area is 139 Å². The highest BCUT2D eigenvalue weighted by molar-refractivity contribution is 8.13. The van der Waals surface area contributed by atoms with Gasteiger partial charge in [-0.05, 0) is 31.7 Å². The van der Waals surface area contributed by atoms with E-state index in [2.05, 4.69) is 15.2 Å². The molecule has 1 rings (SSSR count). The van der Waals surface area contributed by atoms with Gasteiger partial charge in [-0.15, -0.1) is 5.10 Å². The minimum atomic E-state index is -0.285. The first kappa shape index (κ1) is 18.6. The molecular formula is C16H19N3O3S. The van der Waals surface area contributed by atoms with Crippen molar-refractivity contribution in [1.82, 2.24) is 0 Å². The van der Waals surface area contributed by atoms with E-state index in [-0.39, 0.29) is 22.9 Å². The summed E-state index contributed by atoms with van der Waals surface area (Å²) in [6.45, 7) is 4.70. The van der Waals surface area contributed by atoms with Crippen molar-refractivity contribution in [1.29, 1.82) is 0 Å². The van der Waals surface area contributed by atoms with Gasteiger partial charge in [-0.1, -0.05) is 30.8 Å². The number of Topliss-reactive ketones (excluding diaryl/α,β-unsaturated/α-hetero) is 1. The summed E-state index contributed by atoms with van der Waals surface area (Å²) in [5, 5.41) is 27.3. The molecule has 0 radical (unpaired) electrons. The number of ketones is 1. The molecule has 1 aromatic carbocycles. The van der Waals surface area contributed by atoms with Crippen LogP contribution in [0.1, 0.15) is 26.3 Å². The van der Waals surface area contributed by atoms with Gasteiger partial charge in [-0.25, -0.2) is 4.99 Å². The van der Waals surface area contributed by atoms with E-state index in [1.807, 2.05) is 6.92 Å². The molecule has 6 nitrogen and oxygen atoms in total. The Kier molecular flexibility index (Phi) is 7.76. The van der Waals surface area contributed by atoms with E-state index in [1.54, 1.807) is 24.3 Å². The van der Waals surface area contributed by atoms with Gasteiger partial charge in [-0.2, -0.15) is 5.10 Å². The summed E-state index contributed by atoms with van der Waals surface area (Å²) >= 11 is 1.34. The van der Waals surface area contributed by atoms with Crippen molar-refractivity contribution >= 4 is 35.1 Å². The maximum Gasteiger partial charge on any atom is 0.208 e. The standard InChI is InChI=1S/C16H19N3O3S/c1-4-23-16(17-10-14(11(2)20)12(3)21)19-18-9-13-7-5-6-8-15(13)22/h5-10,20,22H,4H2,1-3H3/b14-11?,17-10?,18-9-,19-16+. The van der Waals surface area contributed by atoms with Crippen molar-refractivity contribution in [3.63, 3.8) is 0 Å². The number of carbonyl (C=O) groups excluding carboxylic acids is 1. The largest absolute Gasteiger partial charge is 0.512 e. The SMILES string of the molecule is CCS/C(N=CC(C(C)=O)=C(C)O)=N/N=C\c1ccccc1O. The highest BCUT2D eigenvalue weighted by Crippen LogP contribution is 2.13. The number of aliphatic imine (C=N–C) groups is 1. The van der Waals surface area contributed by atoms with Crippen LogP contribution < -0.4 is 0 Å². The number of hydrogen-bond donors (Lipinski definition) is 2. The van der Waals surface area contributed by atoms with E-state index in [0.717, 1.165) is 5.75 Å². The number of rotatable bonds is 5. The van der Waals surface area contributed by atoms with E-state index in [1.165, 1.54) is 38.0 Å². The third-order valence-electron chi connectivity index (χ3n) is 2.62. The Morgan fingerprint density at radius 3 is 2.57 bits per heavy atom.